The van der Waals surface area contributed by atoms with Gasteiger partial charge in [-0.1, -0.05) is 17.7 Å². The van der Waals surface area contributed by atoms with Crippen LogP contribution in [-0.2, 0) is 4.74 Å². The van der Waals surface area contributed by atoms with Gasteiger partial charge in [0, 0.05) is 11.4 Å². The molecule has 17 heavy (non-hydrogen) atoms. The summed E-state index contributed by atoms with van der Waals surface area (Å²) in [7, 11) is 0. The fraction of sp³-hybridized carbons (Fsp3) is 0.385. The maximum absolute atomic E-state index is 6.06. The van der Waals surface area contributed by atoms with E-state index in [1.54, 1.807) is 6.07 Å². The van der Waals surface area contributed by atoms with Gasteiger partial charge in [-0.25, -0.2) is 0 Å². The molecule has 2 rings (SSSR count). The first-order chi connectivity index (χ1) is 8.16. The number of nitrogens with two attached hydrogens (primary N) is 1. The van der Waals surface area contributed by atoms with Gasteiger partial charge in [0.25, 0.3) is 0 Å². The molecular weight excluding hydrogens is 238 g/mol. The lowest BCUT2D eigenvalue weighted by Crippen LogP contribution is -2.38. The van der Waals surface area contributed by atoms with Crippen molar-refractivity contribution in [2.45, 2.75) is 25.5 Å². The molecular formula is C13H16ClNO2. The topological polar surface area (TPSA) is 44.5 Å². The molecule has 2 N–H and O–H groups in total. The molecule has 0 aromatic heterocycles. The predicted octanol–water partition coefficient (Wildman–Crippen LogP) is 2.74. The Morgan fingerprint density at radius 3 is 2.94 bits per heavy atom. The number of ether oxygens (including phenoxy) is 2. The maximum Gasteiger partial charge on any atom is 0.121 e. The van der Waals surface area contributed by atoms with Gasteiger partial charge in [-0.05, 0) is 31.2 Å². The van der Waals surface area contributed by atoms with Crippen LogP contribution in [0.1, 0.15) is 13.3 Å². The average molecular weight is 254 g/mol. The van der Waals surface area contributed by atoms with Crippen LogP contribution in [0.2, 0.25) is 5.02 Å². The van der Waals surface area contributed by atoms with Crippen molar-refractivity contribution in [1.82, 2.24) is 0 Å². The van der Waals surface area contributed by atoms with Crippen LogP contribution in [0.5, 0.6) is 5.75 Å². The molecule has 0 aliphatic carbocycles. The summed E-state index contributed by atoms with van der Waals surface area (Å²) >= 11 is 5.89. The van der Waals surface area contributed by atoms with Crippen molar-refractivity contribution in [2.24, 2.45) is 5.73 Å². The van der Waals surface area contributed by atoms with Crippen LogP contribution in [0.15, 0.2) is 36.1 Å². The summed E-state index contributed by atoms with van der Waals surface area (Å²) in [6.07, 6.45) is 2.79. The van der Waals surface area contributed by atoms with Crippen LogP contribution in [-0.4, -0.2) is 18.8 Å². The molecule has 3 nitrogen and oxygen atoms in total. The zero-order valence-corrected chi connectivity index (χ0v) is 10.5. The average Bonchev–Trinajstić information content (AvgIpc) is 2.81. The fourth-order valence-electron chi connectivity index (χ4n) is 1.73. The standard InChI is InChI=1S/C13H16ClNO2/c1-9(13(15)12-6-3-7-16-12)17-11-5-2-4-10(14)8-11/h2,4-6,8-9,13H,3,7,15H2,1H3. The molecule has 0 amide bonds. The van der Waals surface area contributed by atoms with E-state index in [9.17, 15) is 0 Å². The van der Waals surface area contributed by atoms with Crippen molar-refractivity contribution in [3.05, 3.63) is 41.1 Å². The molecule has 4 heteroatoms. The lowest BCUT2D eigenvalue weighted by atomic mass is 10.1. The lowest BCUT2D eigenvalue weighted by molar-refractivity contribution is 0.152. The smallest absolute Gasteiger partial charge is 0.121 e. The van der Waals surface area contributed by atoms with Crippen LogP contribution in [0, 0.1) is 0 Å². The zero-order valence-electron chi connectivity index (χ0n) is 9.73. The molecule has 0 radical (unpaired) electrons. The number of halogens is 1. The molecule has 1 aliphatic heterocycles. The van der Waals surface area contributed by atoms with Gasteiger partial charge in [-0.3, -0.25) is 0 Å². The van der Waals surface area contributed by atoms with Gasteiger partial charge in [0.15, 0.2) is 0 Å². The Morgan fingerprint density at radius 2 is 2.29 bits per heavy atom. The third-order valence-electron chi connectivity index (χ3n) is 2.68. The fourth-order valence-corrected chi connectivity index (χ4v) is 1.91. The molecule has 0 bridgehead atoms. The molecule has 0 saturated carbocycles. The van der Waals surface area contributed by atoms with Gasteiger partial charge in [-0.2, -0.15) is 0 Å². The quantitative estimate of drug-likeness (QED) is 0.897. The molecule has 1 heterocycles. The second-order valence-corrected chi connectivity index (χ2v) is 4.49. The number of rotatable bonds is 4. The maximum atomic E-state index is 6.06. The second kappa shape index (κ2) is 5.43. The van der Waals surface area contributed by atoms with E-state index in [4.69, 9.17) is 26.8 Å². The van der Waals surface area contributed by atoms with Crippen LogP contribution in [0.3, 0.4) is 0 Å². The molecule has 0 spiro atoms. The van der Waals surface area contributed by atoms with Crippen LogP contribution in [0.4, 0.5) is 0 Å². The van der Waals surface area contributed by atoms with Gasteiger partial charge in [0.05, 0.1) is 12.6 Å². The molecule has 0 saturated heterocycles. The summed E-state index contributed by atoms with van der Waals surface area (Å²) in [5.74, 6) is 1.54. The molecule has 2 atom stereocenters. The first-order valence-electron chi connectivity index (χ1n) is 5.67. The Balaban J connectivity index is 1.98. The third-order valence-corrected chi connectivity index (χ3v) is 2.92. The lowest BCUT2D eigenvalue weighted by Gasteiger charge is -2.22. The van der Waals surface area contributed by atoms with Crippen molar-refractivity contribution in [3.8, 4) is 5.75 Å². The largest absolute Gasteiger partial charge is 0.496 e. The molecule has 1 aromatic carbocycles. The van der Waals surface area contributed by atoms with Gasteiger partial charge < -0.3 is 15.2 Å². The second-order valence-electron chi connectivity index (χ2n) is 4.05. The van der Waals surface area contributed by atoms with Gasteiger partial charge in [0.1, 0.15) is 17.6 Å². The summed E-state index contributed by atoms with van der Waals surface area (Å²) in [6, 6.07) is 7.05. The van der Waals surface area contributed by atoms with Gasteiger partial charge in [0.2, 0.25) is 0 Å². The minimum atomic E-state index is -0.239. The van der Waals surface area contributed by atoms with Gasteiger partial charge >= 0.3 is 0 Å². The minimum Gasteiger partial charge on any atom is -0.496 e. The van der Waals surface area contributed by atoms with Crippen molar-refractivity contribution < 1.29 is 9.47 Å². The Morgan fingerprint density at radius 1 is 1.47 bits per heavy atom. The van der Waals surface area contributed by atoms with E-state index in [1.165, 1.54) is 0 Å². The first kappa shape index (κ1) is 12.3. The number of hydrogen-bond donors (Lipinski definition) is 1. The summed E-state index contributed by atoms with van der Waals surface area (Å²) in [4.78, 5) is 0. The Labute approximate surface area is 106 Å². The van der Waals surface area contributed by atoms with Crippen molar-refractivity contribution in [1.29, 1.82) is 0 Å². The van der Waals surface area contributed by atoms with Gasteiger partial charge in [-0.15, -0.1) is 0 Å². The summed E-state index contributed by atoms with van der Waals surface area (Å²) < 4.78 is 11.2. The highest BCUT2D eigenvalue weighted by Gasteiger charge is 2.22. The van der Waals surface area contributed by atoms with E-state index >= 15 is 0 Å². The van der Waals surface area contributed by atoms with E-state index < -0.39 is 0 Å². The summed E-state index contributed by atoms with van der Waals surface area (Å²) in [5.41, 5.74) is 6.06. The first-order valence-corrected chi connectivity index (χ1v) is 6.05. The van der Waals surface area contributed by atoms with E-state index in [1.807, 2.05) is 31.2 Å². The predicted molar refractivity (Wildman–Crippen MR) is 68.2 cm³/mol. The van der Waals surface area contributed by atoms with E-state index in [0.29, 0.717) is 11.6 Å². The SMILES string of the molecule is CC(Oc1cccc(Cl)c1)C(N)C1=CCCO1. The van der Waals surface area contributed by atoms with E-state index in [2.05, 4.69) is 0 Å². The summed E-state index contributed by atoms with van der Waals surface area (Å²) in [6.45, 7) is 2.64. The van der Waals surface area contributed by atoms with Crippen LogP contribution >= 0.6 is 11.6 Å². The van der Waals surface area contributed by atoms with E-state index in [0.717, 1.165) is 17.9 Å². The Bertz CT molecular complexity index is 420. The molecule has 1 aliphatic rings. The highest BCUT2D eigenvalue weighted by molar-refractivity contribution is 6.30. The van der Waals surface area contributed by atoms with Crippen molar-refractivity contribution >= 4 is 11.6 Å². The monoisotopic (exact) mass is 253 g/mol. The molecule has 1 aromatic rings. The Hall–Kier alpha value is -1.19. The minimum absolute atomic E-state index is 0.155. The van der Waals surface area contributed by atoms with E-state index in [-0.39, 0.29) is 12.1 Å². The van der Waals surface area contributed by atoms with Crippen LogP contribution in [0.25, 0.3) is 0 Å². The van der Waals surface area contributed by atoms with Crippen molar-refractivity contribution in [3.63, 3.8) is 0 Å². The summed E-state index contributed by atoms with van der Waals surface area (Å²) in [5, 5.41) is 0.652. The normalized spacial score (nSPS) is 18.2. The highest BCUT2D eigenvalue weighted by atomic mass is 35.5. The van der Waals surface area contributed by atoms with Crippen molar-refractivity contribution in [2.75, 3.05) is 6.61 Å². The third kappa shape index (κ3) is 3.14. The number of benzene rings is 1. The molecule has 2 unspecified atom stereocenters. The Kier molecular flexibility index (Phi) is 3.92. The molecule has 0 fully saturated rings. The zero-order chi connectivity index (χ0) is 12.3. The highest BCUT2D eigenvalue weighted by Crippen LogP contribution is 2.21. The number of hydrogen-bond acceptors (Lipinski definition) is 3. The molecule has 92 valence electrons. The van der Waals surface area contributed by atoms with Crippen LogP contribution < -0.4 is 10.5 Å².